The standard InChI is InChI=1S/C12H12N4O2S2/c13-8-10-3-4-11(9-15-10)14-5-6-16-20(17,18)12-2-1-7-19-12/h1-4,7,9,14,16H,5-6H2. The van der Waals surface area contributed by atoms with Gasteiger partial charge in [0.2, 0.25) is 10.0 Å². The van der Waals surface area contributed by atoms with E-state index >= 15 is 0 Å². The van der Waals surface area contributed by atoms with Gasteiger partial charge in [-0.25, -0.2) is 18.1 Å². The van der Waals surface area contributed by atoms with Crippen molar-refractivity contribution in [2.45, 2.75) is 4.21 Å². The van der Waals surface area contributed by atoms with E-state index in [1.54, 1.807) is 29.6 Å². The molecule has 20 heavy (non-hydrogen) atoms. The summed E-state index contributed by atoms with van der Waals surface area (Å²) in [6.07, 6.45) is 1.53. The van der Waals surface area contributed by atoms with E-state index in [-0.39, 0.29) is 6.54 Å². The zero-order valence-corrected chi connectivity index (χ0v) is 12.0. The highest BCUT2D eigenvalue weighted by atomic mass is 32.2. The van der Waals surface area contributed by atoms with Gasteiger partial charge in [0, 0.05) is 13.1 Å². The molecule has 8 heteroatoms. The monoisotopic (exact) mass is 308 g/mol. The maximum Gasteiger partial charge on any atom is 0.250 e. The number of pyridine rings is 1. The first-order valence-corrected chi connectivity index (χ1v) is 8.11. The molecule has 2 heterocycles. The van der Waals surface area contributed by atoms with Crippen LogP contribution in [0.15, 0.2) is 40.1 Å². The van der Waals surface area contributed by atoms with E-state index in [0.717, 1.165) is 5.69 Å². The molecule has 0 bridgehead atoms. The number of nitriles is 1. The van der Waals surface area contributed by atoms with Crippen molar-refractivity contribution in [3.8, 4) is 6.07 Å². The van der Waals surface area contributed by atoms with Gasteiger partial charge in [-0.1, -0.05) is 6.07 Å². The van der Waals surface area contributed by atoms with Crippen LogP contribution in [0.4, 0.5) is 5.69 Å². The fourth-order valence-corrected chi connectivity index (χ4v) is 3.51. The number of nitrogens with one attached hydrogen (secondary N) is 2. The van der Waals surface area contributed by atoms with Gasteiger partial charge in [-0.2, -0.15) is 5.26 Å². The first kappa shape index (κ1) is 14.5. The topological polar surface area (TPSA) is 94.9 Å². The lowest BCUT2D eigenvalue weighted by atomic mass is 10.3. The molecule has 2 aromatic rings. The Hall–Kier alpha value is -1.95. The zero-order valence-electron chi connectivity index (χ0n) is 10.4. The quantitative estimate of drug-likeness (QED) is 0.787. The Labute approximate surface area is 121 Å². The maximum atomic E-state index is 11.8. The molecule has 2 N–H and O–H groups in total. The first-order valence-electron chi connectivity index (χ1n) is 5.75. The highest BCUT2D eigenvalue weighted by molar-refractivity contribution is 7.91. The number of rotatable bonds is 6. The molecule has 2 rings (SSSR count). The lowest BCUT2D eigenvalue weighted by Crippen LogP contribution is -2.28. The SMILES string of the molecule is N#Cc1ccc(NCCNS(=O)(=O)c2cccs2)cn1. The number of hydrogen-bond acceptors (Lipinski definition) is 6. The number of aromatic nitrogens is 1. The largest absolute Gasteiger partial charge is 0.382 e. The third-order valence-corrected chi connectivity index (χ3v) is 5.24. The van der Waals surface area contributed by atoms with Crippen LogP contribution in [0.5, 0.6) is 0 Å². The van der Waals surface area contributed by atoms with Gasteiger partial charge in [-0.05, 0) is 23.6 Å². The highest BCUT2D eigenvalue weighted by Crippen LogP contribution is 2.14. The molecule has 0 saturated carbocycles. The van der Waals surface area contributed by atoms with Crippen LogP contribution in [-0.2, 0) is 10.0 Å². The van der Waals surface area contributed by atoms with E-state index in [1.807, 2.05) is 6.07 Å². The van der Waals surface area contributed by atoms with Gasteiger partial charge in [0.15, 0.2) is 0 Å². The van der Waals surface area contributed by atoms with Gasteiger partial charge in [0.1, 0.15) is 16.0 Å². The van der Waals surface area contributed by atoms with E-state index in [4.69, 9.17) is 5.26 Å². The molecule has 0 aliphatic carbocycles. The summed E-state index contributed by atoms with van der Waals surface area (Å²) in [5.74, 6) is 0. The normalized spacial score (nSPS) is 10.9. The number of nitrogens with zero attached hydrogens (tertiary/aromatic N) is 2. The summed E-state index contributed by atoms with van der Waals surface area (Å²) in [5.41, 5.74) is 1.08. The second-order valence-corrected chi connectivity index (χ2v) is 6.74. The average molecular weight is 308 g/mol. The van der Waals surface area contributed by atoms with Crippen LogP contribution in [0, 0.1) is 11.3 Å². The Morgan fingerprint density at radius 1 is 1.30 bits per heavy atom. The van der Waals surface area contributed by atoms with Crippen LogP contribution < -0.4 is 10.0 Å². The van der Waals surface area contributed by atoms with E-state index in [9.17, 15) is 8.42 Å². The molecular formula is C12H12N4O2S2. The minimum absolute atomic E-state index is 0.264. The number of thiophene rings is 1. The molecule has 0 fully saturated rings. The Morgan fingerprint density at radius 3 is 2.75 bits per heavy atom. The maximum absolute atomic E-state index is 11.8. The van der Waals surface area contributed by atoms with E-state index in [2.05, 4.69) is 15.0 Å². The van der Waals surface area contributed by atoms with Gasteiger partial charge in [0.05, 0.1) is 11.9 Å². The average Bonchev–Trinajstić information content (AvgIpc) is 2.99. The fraction of sp³-hybridized carbons (Fsp3) is 0.167. The summed E-state index contributed by atoms with van der Waals surface area (Å²) in [6.45, 7) is 0.693. The van der Waals surface area contributed by atoms with Crippen molar-refractivity contribution >= 4 is 27.0 Å². The predicted molar refractivity (Wildman–Crippen MR) is 76.9 cm³/mol. The molecule has 0 spiro atoms. The molecule has 104 valence electrons. The number of sulfonamides is 1. The zero-order chi connectivity index (χ0) is 14.4. The van der Waals surface area contributed by atoms with Gasteiger partial charge in [0.25, 0.3) is 0 Å². The first-order chi connectivity index (χ1) is 9.62. The van der Waals surface area contributed by atoms with Gasteiger partial charge in [-0.15, -0.1) is 11.3 Å². The lowest BCUT2D eigenvalue weighted by molar-refractivity contribution is 0.585. The van der Waals surface area contributed by atoms with Crippen molar-refractivity contribution < 1.29 is 8.42 Å². The Kier molecular flexibility index (Phi) is 4.68. The summed E-state index contributed by atoms with van der Waals surface area (Å²) in [4.78, 5) is 3.90. The molecule has 0 aliphatic rings. The second kappa shape index (κ2) is 6.47. The van der Waals surface area contributed by atoms with Crippen molar-refractivity contribution in [3.05, 3.63) is 41.5 Å². The number of hydrogen-bond donors (Lipinski definition) is 2. The highest BCUT2D eigenvalue weighted by Gasteiger charge is 2.13. The lowest BCUT2D eigenvalue weighted by Gasteiger charge is -2.07. The van der Waals surface area contributed by atoms with Crippen molar-refractivity contribution in [2.75, 3.05) is 18.4 Å². The van der Waals surface area contributed by atoms with Crippen LogP contribution >= 0.6 is 11.3 Å². The Bertz CT molecular complexity index is 688. The smallest absolute Gasteiger partial charge is 0.250 e. The van der Waals surface area contributed by atoms with Crippen molar-refractivity contribution in [3.63, 3.8) is 0 Å². The van der Waals surface area contributed by atoms with Gasteiger partial charge in [-0.3, -0.25) is 0 Å². The van der Waals surface area contributed by atoms with E-state index in [1.165, 1.54) is 17.5 Å². The second-order valence-electron chi connectivity index (χ2n) is 3.80. The minimum atomic E-state index is -3.41. The Morgan fingerprint density at radius 2 is 2.15 bits per heavy atom. The van der Waals surface area contributed by atoms with Crippen molar-refractivity contribution in [1.82, 2.24) is 9.71 Å². The van der Waals surface area contributed by atoms with E-state index in [0.29, 0.717) is 16.4 Å². The molecular weight excluding hydrogens is 296 g/mol. The van der Waals surface area contributed by atoms with Gasteiger partial charge >= 0.3 is 0 Å². The third-order valence-electron chi connectivity index (χ3n) is 2.38. The molecule has 0 saturated heterocycles. The summed E-state index contributed by atoms with van der Waals surface area (Å²) >= 11 is 1.18. The molecule has 0 amide bonds. The van der Waals surface area contributed by atoms with Crippen LogP contribution in [0.25, 0.3) is 0 Å². The van der Waals surface area contributed by atoms with Crippen LogP contribution in [0.3, 0.4) is 0 Å². The van der Waals surface area contributed by atoms with Gasteiger partial charge < -0.3 is 5.32 Å². The summed E-state index contributed by atoms with van der Waals surface area (Å²) in [5, 5.41) is 13.3. The predicted octanol–water partition coefficient (Wildman–Crippen LogP) is 1.41. The van der Waals surface area contributed by atoms with Crippen LogP contribution in [0.2, 0.25) is 0 Å². The summed E-state index contributed by atoms with van der Waals surface area (Å²) in [6, 6.07) is 8.50. The summed E-state index contributed by atoms with van der Waals surface area (Å²) < 4.78 is 26.4. The summed E-state index contributed by atoms with van der Waals surface area (Å²) in [7, 11) is -3.41. The molecule has 2 aromatic heterocycles. The van der Waals surface area contributed by atoms with Crippen molar-refractivity contribution in [2.24, 2.45) is 0 Å². The van der Waals surface area contributed by atoms with E-state index < -0.39 is 10.0 Å². The molecule has 0 radical (unpaired) electrons. The molecule has 0 atom stereocenters. The molecule has 0 aliphatic heterocycles. The Balaban J connectivity index is 1.80. The molecule has 0 unspecified atom stereocenters. The van der Waals surface area contributed by atoms with Crippen LogP contribution in [0.1, 0.15) is 5.69 Å². The van der Waals surface area contributed by atoms with Crippen molar-refractivity contribution in [1.29, 1.82) is 5.26 Å². The molecule has 6 nitrogen and oxygen atoms in total. The fourth-order valence-electron chi connectivity index (χ4n) is 1.44. The number of anilines is 1. The molecule has 0 aromatic carbocycles. The minimum Gasteiger partial charge on any atom is -0.382 e. The third kappa shape index (κ3) is 3.77. The van der Waals surface area contributed by atoms with Crippen LogP contribution in [-0.4, -0.2) is 26.5 Å².